The van der Waals surface area contributed by atoms with E-state index in [1.165, 1.54) is 25.7 Å². The summed E-state index contributed by atoms with van der Waals surface area (Å²) in [4.78, 5) is 0.382. The predicted molar refractivity (Wildman–Crippen MR) is 82.4 cm³/mol. The lowest BCUT2D eigenvalue weighted by Gasteiger charge is -2.41. The van der Waals surface area contributed by atoms with E-state index in [-0.39, 0.29) is 0 Å². The van der Waals surface area contributed by atoms with Crippen molar-refractivity contribution >= 4 is 34.5 Å². The lowest BCUT2D eigenvalue weighted by Crippen LogP contribution is -2.35. The summed E-state index contributed by atoms with van der Waals surface area (Å²) in [7, 11) is 0. The number of benzene rings is 1. The minimum absolute atomic E-state index is 0.382. The van der Waals surface area contributed by atoms with Crippen molar-refractivity contribution in [2.45, 2.75) is 32.6 Å². The first-order valence-corrected chi connectivity index (χ1v) is 7.18. The monoisotopic (exact) mass is 282 g/mol. The number of nitrogens with two attached hydrogens (primary N) is 1. The van der Waals surface area contributed by atoms with E-state index in [1.807, 2.05) is 18.2 Å². The first kappa shape index (κ1) is 13.6. The Morgan fingerprint density at radius 1 is 1.50 bits per heavy atom. The second kappa shape index (κ2) is 5.45. The van der Waals surface area contributed by atoms with Gasteiger partial charge in [-0.3, -0.25) is 0 Å². The van der Waals surface area contributed by atoms with Crippen LogP contribution in [0.4, 0.5) is 5.69 Å². The van der Waals surface area contributed by atoms with E-state index < -0.39 is 0 Å². The summed E-state index contributed by atoms with van der Waals surface area (Å²) in [5.41, 5.74) is 7.84. The Hall–Kier alpha value is -0.800. The topological polar surface area (TPSA) is 38.0 Å². The van der Waals surface area contributed by atoms with Crippen LogP contribution in [-0.2, 0) is 0 Å². The highest BCUT2D eigenvalue weighted by atomic mass is 35.5. The maximum atomic E-state index is 6.23. The molecule has 98 valence electrons. The number of anilines is 1. The van der Waals surface area contributed by atoms with Gasteiger partial charge in [-0.15, -0.1) is 0 Å². The van der Waals surface area contributed by atoms with Crippen LogP contribution in [0, 0.1) is 5.41 Å². The molecule has 0 heterocycles. The molecule has 1 aliphatic carbocycles. The molecule has 1 aromatic carbocycles. The molecular formula is C14H19ClN2S. The molecule has 4 heteroatoms. The Balaban J connectivity index is 2.03. The van der Waals surface area contributed by atoms with Gasteiger partial charge in [0.15, 0.2) is 0 Å². The fourth-order valence-corrected chi connectivity index (χ4v) is 2.80. The van der Waals surface area contributed by atoms with Crippen molar-refractivity contribution in [3.63, 3.8) is 0 Å². The van der Waals surface area contributed by atoms with E-state index in [1.54, 1.807) is 0 Å². The molecule has 2 nitrogen and oxygen atoms in total. The molecule has 1 saturated carbocycles. The maximum absolute atomic E-state index is 6.23. The second-order valence-electron chi connectivity index (χ2n) is 5.12. The zero-order chi connectivity index (χ0) is 13.2. The first-order valence-electron chi connectivity index (χ1n) is 6.39. The van der Waals surface area contributed by atoms with Gasteiger partial charge in [0.05, 0.1) is 10.7 Å². The van der Waals surface area contributed by atoms with Gasteiger partial charge in [-0.25, -0.2) is 0 Å². The molecule has 0 unspecified atom stereocenters. The van der Waals surface area contributed by atoms with Crippen LogP contribution in [0.2, 0.25) is 5.02 Å². The third-order valence-electron chi connectivity index (χ3n) is 4.07. The molecule has 2 rings (SSSR count). The number of rotatable bonds is 5. The molecule has 0 saturated heterocycles. The Morgan fingerprint density at radius 2 is 2.22 bits per heavy atom. The fraction of sp³-hybridized carbons (Fsp3) is 0.500. The molecule has 0 amide bonds. The summed E-state index contributed by atoms with van der Waals surface area (Å²) >= 11 is 11.2. The van der Waals surface area contributed by atoms with Crippen molar-refractivity contribution in [3.8, 4) is 0 Å². The van der Waals surface area contributed by atoms with E-state index in [4.69, 9.17) is 29.6 Å². The van der Waals surface area contributed by atoms with Crippen LogP contribution in [0.1, 0.15) is 38.2 Å². The van der Waals surface area contributed by atoms with Crippen LogP contribution < -0.4 is 11.1 Å². The molecule has 1 aromatic rings. The minimum atomic E-state index is 0.382. The van der Waals surface area contributed by atoms with Gasteiger partial charge in [0, 0.05) is 12.1 Å². The largest absolute Gasteiger partial charge is 0.389 e. The highest BCUT2D eigenvalue weighted by Gasteiger charge is 2.34. The second-order valence-corrected chi connectivity index (χ2v) is 5.97. The summed E-state index contributed by atoms with van der Waals surface area (Å²) in [6, 6.07) is 5.69. The summed E-state index contributed by atoms with van der Waals surface area (Å²) in [5.74, 6) is 0. The summed E-state index contributed by atoms with van der Waals surface area (Å²) in [6.45, 7) is 3.26. The molecule has 0 aromatic heterocycles. The zero-order valence-corrected chi connectivity index (χ0v) is 12.2. The van der Waals surface area contributed by atoms with Crippen molar-refractivity contribution in [1.82, 2.24) is 0 Å². The summed E-state index contributed by atoms with van der Waals surface area (Å²) in [6.07, 6.45) is 5.21. The van der Waals surface area contributed by atoms with Crippen LogP contribution >= 0.6 is 23.8 Å². The quantitative estimate of drug-likeness (QED) is 0.803. The van der Waals surface area contributed by atoms with E-state index in [0.717, 1.165) is 17.8 Å². The third kappa shape index (κ3) is 2.78. The fourth-order valence-electron chi connectivity index (χ4n) is 2.43. The Bertz CT molecular complexity index is 450. The Labute approximate surface area is 119 Å². The molecule has 0 atom stereocenters. The SMILES string of the molecule is CCC1(CNc2ccc(C(N)=S)cc2Cl)CCC1. The number of halogens is 1. The van der Waals surface area contributed by atoms with Crippen molar-refractivity contribution < 1.29 is 0 Å². The van der Waals surface area contributed by atoms with E-state index in [2.05, 4.69) is 12.2 Å². The average molecular weight is 283 g/mol. The van der Waals surface area contributed by atoms with Crippen LogP contribution in [0.25, 0.3) is 0 Å². The number of hydrogen-bond acceptors (Lipinski definition) is 2. The molecule has 1 aliphatic rings. The number of hydrogen-bond donors (Lipinski definition) is 2. The standard InChI is InChI=1S/C14H19ClN2S/c1-2-14(6-3-7-14)9-17-12-5-4-10(13(16)18)8-11(12)15/h4-5,8,17H,2-3,6-7,9H2,1H3,(H2,16,18). The first-order chi connectivity index (χ1) is 8.56. The number of nitrogens with one attached hydrogen (secondary N) is 1. The lowest BCUT2D eigenvalue weighted by molar-refractivity contribution is 0.145. The van der Waals surface area contributed by atoms with Gasteiger partial charge >= 0.3 is 0 Å². The predicted octanol–water partition coefficient (Wildman–Crippen LogP) is 3.97. The van der Waals surface area contributed by atoms with Gasteiger partial charge in [-0.2, -0.15) is 0 Å². The summed E-state index contributed by atoms with van der Waals surface area (Å²) < 4.78 is 0. The normalized spacial score (nSPS) is 17.0. The van der Waals surface area contributed by atoms with Gasteiger partial charge in [0.2, 0.25) is 0 Å². The smallest absolute Gasteiger partial charge is 0.104 e. The zero-order valence-electron chi connectivity index (χ0n) is 10.6. The van der Waals surface area contributed by atoms with Crippen molar-refractivity contribution in [3.05, 3.63) is 28.8 Å². The van der Waals surface area contributed by atoms with Gasteiger partial charge in [0.1, 0.15) is 4.99 Å². The van der Waals surface area contributed by atoms with Gasteiger partial charge < -0.3 is 11.1 Å². The molecule has 3 N–H and O–H groups in total. The van der Waals surface area contributed by atoms with Crippen molar-refractivity contribution in [1.29, 1.82) is 0 Å². The van der Waals surface area contributed by atoms with Crippen molar-refractivity contribution in [2.24, 2.45) is 11.1 Å². The van der Waals surface area contributed by atoms with Crippen molar-refractivity contribution in [2.75, 3.05) is 11.9 Å². The molecule has 0 bridgehead atoms. The average Bonchev–Trinajstić information content (AvgIpc) is 2.29. The Kier molecular flexibility index (Phi) is 4.13. The number of thiocarbonyl (C=S) groups is 1. The molecule has 0 radical (unpaired) electrons. The molecule has 1 fully saturated rings. The van der Waals surface area contributed by atoms with Crippen LogP contribution in [0.5, 0.6) is 0 Å². The van der Waals surface area contributed by atoms with E-state index in [0.29, 0.717) is 15.4 Å². The molecule has 18 heavy (non-hydrogen) atoms. The third-order valence-corrected chi connectivity index (χ3v) is 4.62. The van der Waals surface area contributed by atoms with Gasteiger partial charge in [-0.05, 0) is 42.9 Å². The van der Waals surface area contributed by atoms with E-state index >= 15 is 0 Å². The van der Waals surface area contributed by atoms with Crippen LogP contribution in [0.3, 0.4) is 0 Å². The van der Waals surface area contributed by atoms with Gasteiger partial charge in [-0.1, -0.05) is 37.2 Å². The molecular weight excluding hydrogens is 264 g/mol. The molecule has 0 aliphatic heterocycles. The Morgan fingerprint density at radius 3 is 2.67 bits per heavy atom. The molecule has 0 spiro atoms. The van der Waals surface area contributed by atoms with Gasteiger partial charge in [0.25, 0.3) is 0 Å². The maximum Gasteiger partial charge on any atom is 0.104 e. The highest BCUT2D eigenvalue weighted by Crippen LogP contribution is 2.44. The van der Waals surface area contributed by atoms with Crippen LogP contribution in [-0.4, -0.2) is 11.5 Å². The van der Waals surface area contributed by atoms with Crippen LogP contribution in [0.15, 0.2) is 18.2 Å². The minimum Gasteiger partial charge on any atom is -0.389 e. The van der Waals surface area contributed by atoms with E-state index in [9.17, 15) is 0 Å². The highest BCUT2D eigenvalue weighted by molar-refractivity contribution is 7.80. The summed E-state index contributed by atoms with van der Waals surface area (Å²) in [5, 5.41) is 4.14. The lowest BCUT2D eigenvalue weighted by atomic mass is 9.67.